The number of hydrogen-bond donors (Lipinski definition) is 1. The lowest BCUT2D eigenvalue weighted by molar-refractivity contribution is -0.120. The number of thioether (sulfide) groups is 1. The van der Waals surface area contributed by atoms with E-state index in [0.717, 1.165) is 27.3 Å². The van der Waals surface area contributed by atoms with Crippen molar-refractivity contribution in [2.24, 2.45) is 0 Å². The molecule has 37 heavy (non-hydrogen) atoms. The molecule has 0 aromatic heterocycles. The molecule has 4 rings (SSSR count). The van der Waals surface area contributed by atoms with Gasteiger partial charge in [-0.05, 0) is 67.8 Å². The van der Waals surface area contributed by atoms with Crippen LogP contribution < -0.4 is 15.0 Å². The van der Waals surface area contributed by atoms with Crippen molar-refractivity contribution in [3.63, 3.8) is 0 Å². The number of carbonyl (C=O) groups excluding carboxylic acids is 2. The Balaban J connectivity index is 1.61. The number of methoxy groups -OCH3 is 1. The molecular weight excluding hydrogens is 486 g/mol. The summed E-state index contributed by atoms with van der Waals surface area (Å²) < 4.78 is 10.6. The van der Waals surface area contributed by atoms with E-state index < -0.39 is 17.7 Å². The van der Waals surface area contributed by atoms with Crippen LogP contribution in [0.15, 0.2) is 71.6 Å². The number of fused-ring (bicyclic) bond motifs is 1. The van der Waals surface area contributed by atoms with Gasteiger partial charge in [-0.3, -0.25) is 4.79 Å². The van der Waals surface area contributed by atoms with Gasteiger partial charge in [0.15, 0.2) is 0 Å². The van der Waals surface area contributed by atoms with Crippen LogP contribution in [0.25, 0.3) is 11.1 Å². The van der Waals surface area contributed by atoms with Gasteiger partial charge in [-0.2, -0.15) is 5.26 Å². The van der Waals surface area contributed by atoms with E-state index >= 15 is 0 Å². The molecule has 0 unspecified atom stereocenters. The Hall–Kier alpha value is -3.96. The number of nitriles is 1. The molecule has 7 nitrogen and oxygen atoms in total. The van der Waals surface area contributed by atoms with Crippen molar-refractivity contribution in [1.82, 2.24) is 5.32 Å². The maximum atomic E-state index is 13.7. The Morgan fingerprint density at radius 3 is 2.32 bits per heavy atom. The first-order valence-corrected chi connectivity index (χ1v) is 12.9. The minimum Gasteiger partial charge on any atom is -0.497 e. The standard InChI is InChI=1S/C29H29N3O4S/c1-29(2,3)36-28(34)31-24-18-37-26-14-7-20(16-30)15-25(26)32(27(24)33)17-19-5-8-21(9-6-19)22-10-12-23(35-4)13-11-22/h5-15,24H,17-18H2,1-4H3,(H,31,34)/t24-/m0/s1. The van der Waals surface area contributed by atoms with Gasteiger partial charge >= 0.3 is 6.09 Å². The van der Waals surface area contributed by atoms with Crippen molar-refractivity contribution in [3.05, 3.63) is 77.9 Å². The molecule has 0 saturated heterocycles. The molecule has 0 saturated carbocycles. The molecule has 3 aromatic rings. The number of benzene rings is 3. The molecule has 0 aliphatic carbocycles. The summed E-state index contributed by atoms with van der Waals surface area (Å²) in [7, 11) is 1.64. The Labute approximate surface area is 221 Å². The number of carbonyl (C=O) groups is 2. The van der Waals surface area contributed by atoms with E-state index in [1.807, 2.05) is 54.6 Å². The van der Waals surface area contributed by atoms with Crippen molar-refractivity contribution in [3.8, 4) is 22.9 Å². The van der Waals surface area contributed by atoms with Gasteiger partial charge in [0, 0.05) is 10.6 Å². The zero-order chi connectivity index (χ0) is 26.6. The predicted molar refractivity (Wildman–Crippen MR) is 145 cm³/mol. The summed E-state index contributed by atoms with van der Waals surface area (Å²) in [5, 5.41) is 12.2. The van der Waals surface area contributed by atoms with E-state index in [4.69, 9.17) is 9.47 Å². The predicted octanol–water partition coefficient (Wildman–Crippen LogP) is 5.77. The number of ether oxygens (including phenoxy) is 2. The third-order valence-corrected chi connectivity index (χ3v) is 6.91. The average molecular weight is 516 g/mol. The van der Waals surface area contributed by atoms with Crippen LogP contribution in [0.5, 0.6) is 5.75 Å². The van der Waals surface area contributed by atoms with E-state index in [-0.39, 0.29) is 12.5 Å². The summed E-state index contributed by atoms with van der Waals surface area (Å²) in [4.78, 5) is 28.7. The zero-order valence-electron chi connectivity index (χ0n) is 21.3. The topological polar surface area (TPSA) is 91.7 Å². The Morgan fingerprint density at radius 1 is 1.08 bits per heavy atom. The minimum absolute atomic E-state index is 0.258. The van der Waals surface area contributed by atoms with E-state index in [1.165, 1.54) is 11.8 Å². The van der Waals surface area contributed by atoms with Gasteiger partial charge in [0.2, 0.25) is 0 Å². The second kappa shape index (κ2) is 11.0. The number of amides is 2. The average Bonchev–Trinajstić information content (AvgIpc) is 3.00. The second-order valence-electron chi connectivity index (χ2n) is 9.65. The van der Waals surface area contributed by atoms with Crippen molar-refractivity contribution in [2.75, 3.05) is 17.8 Å². The van der Waals surface area contributed by atoms with Crippen molar-refractivity contribution in [1.29, 1.82) is 5.26 Å². The van der Waals surface area contributed by atoms with Gasteiger partial charge in [-0.15, -0.1) is 11.8 Å². The van der Waals surface area contributed by atoms with E-state index in [9.17, 15) is 14.9 Å². The van der Waals surface area contributed by atoms with Crippen molar-refractivity contribution in [2.45, 2.75) is 43.9 Å². The van der Waals surface area contributed by atoms with E-state index in [1.54, 1.807) is 44.9 Å². The van der Waals surface area contributed by atoms with Crippen molar-refractivity contribution >= 4 is 29.4 Å². The smallest absolute Gasteiger partial charge is 0.408 e. The zero-order valence-corrected chi connectivity index (χ0v) is 22.1. The molecule has 190 valence electrons. The quantitative estimate of drug-likeness (QED) is 0.464. The molecule has 0 bridgehead atoms. The van der Waals surface area contributed by atoms with Crippen LogP contribution in [0, 0.1) is 11.3 Å². The number of rotatable bonds is 5. The highest BCUT2D eigenvalue weighted by molar-refractivity contribution is 7.99. The van der Waals surface area contributed by atoms with Crippen LogP contribution in [-0.2, 0) is 16.1 Å². The molecule has 1 heterocycles. The SMILES string of the molecule is COc1ccc(-c2ccc(CN3C(=O)[C@@H](NC(=O)OC(C)(C)C)CSc4ccc(C#N)cc43)cc2)cc1. The Kier molecular flexibility index (Phi) is 7.74. The number of nitrogens with one attached hydrogen (secondary N) is 1. The second-order valence-corrected chi connectivity index (χ2v) is 10.7. The lowest BCUT2D eigenvalue weighted by atomic mass is 10.0. The lowest BCUT2D eigenvalue weighted by Gasteiger charge is -2.27. The van der Waals surface area contributed by atoms with Gasteiger partial charge in [0.25, 0.3) is 5.91 Å². The summed E-state index contributed by atoms with van der Waals surface area (Å²) in [5.74, 6) is 0.887. The maximum absolute atomic E-state index is 13.7. The number of alkyl carbamates (subject to hydrolysis) is 1. The van der Waals surface area contributed by atoms with E-state index in [0.29, 0.717) is 17.0 Å². The molecule has 3 aromatic carbocycles. The monoisotopic (exact) mass is 515 g/mol. The fourth-order valence-electron chi connectivity index (χ4n) is 3.96. The molecule has 0 spiro atoms. The molecule has 2 amide bonds. The van der Waals surface area contributed by atoms with Crippen LogP contribution >= 0.6 is 11.8 Å². The minimum atomic E-state index is -0.781. The summed E-state index contributed by atoms with van der Waals surface area (Å²) in [6, 6.07) is 22.5. The maximum Gasteiger partial charge on any atom is 0.408 e. The fraction of sp³-hybridized carbons (Fsp3) is 0.276. The highest BCUT2D eigenvalue weighted by Gasteiger charge is 2.33. The summed E-state index contributed by atoms with van der Waals surface area (Å²) >= 11 is 1.47. The third kappa shape index (κ3) is 6.43. The molecule has 1 atom stereocenters. The molecule has 1 aliphatic heterocycles. The van der Waals surface area contributed by atoms with Gasteiger partial charge in [-0.1, -0.05) is 36.4 Å². The van der Waals surface area contributed by atoms with Gasteiger partial charge in [-0.25, -0.2) is 4.79 Å². The van der Waals surface area contributed by atoms with E-state index in [2.05, 4.69) is 11.4 Å². The molecule has 1 N–H and O–H groups in total. The summed E-state index contributed by atoms with van der Waals surface area (Å²) in [6.07, 6.45) is -0.640. The first-order chi connectivity index (χ1) is 17.7. The molecule has 8 heteroatoms. The number of nitrogens with zero attached hydrogens (tertiary/aromatic N) is 2. The van der Waals surface area contributed by atoms with Gasteiger partial charge in [0.05, 0.1) is 31.0 Å². The van der Waals surface area contributed by atoms with Crippen LogP contribution in [-0.4, -0.2) is 36.5 Å². The first-order valence-electron chi connectivity index (χ1n) is 11.9. The molecular formula is C29H29N3O4S. The Bertz CT molecular complexity index is 1330. The number of hydrogen-bond acceptors (Lipinski definition) is 6. The van der Waals surface area contributed by atoms with Gasteiger partial charge in [0.1, 0.15) is 17.4 Å². The highest BCUT2D eigenvalue weighted by atomic mass is 32.2. The van der Waals surface area contributed by atoms with Crippen LogP contribution in [0.2, 0.25) is 0 Å². The third-order valence-electron chi connectivity index (χ3n) is 5.76. The first kappa shape index (κ1) is 26.1. The van der Waals surface area contributed by atoms with Crippen LogP contribution in [0.1, 0.15) is 31.9 Å². The summed E-state index contributed by atoms with van der Waals surface area (Å²) in [6.45, 7) is 5.61. The van der Waals surface area contributed by atoms with Gasteiger partial charge < -0.3 is 19.7 Å². The van der Waals surface area contributed by atoms with Crippen LogP contribution in [0.4, 0.5) is 10.5 Å². The summed E-state index contributed by atoms with van der Waals surface area (Å²) in [5.41, 5.74) is 3.45. The lowest BCUT2D eigenvalue weighted by Crippen LogP contribution is -2.50. The number of anilines is 1. The van der Waals surface area contributed by atoms with Crippen LogP contribution in [0.3, 0.4) is 0 Å². The largest absolute Gasteiger partial charge is 0.497 e. The molecule has 0 fully saturated rings. The van der Waals surface area contributed by atoms with Crippen molar-refractivity contribution < 1.29 is 19.1 Å². The molecule has 0 radical (unpaired) electrons. The molecule has 1 aliphatic rings. The normalized spacial score (nSPS) is 15.3. The highest BCUT2D eigenvalue weighted by Crippen LogP contribution is 2.36. The fourth-order valence-corrected chi connectivity index (χ4v) is 5.01. The Morgan fingerprint density at radius 2 is 1.73 bits per heavy atom.